The molecule has 0 N–H and O–H groups in total. The number of rotatable bonds is 7. The van der Waals surface area contributed by atoms with Crippen LogP contribution >= 0.6 is 0 Å². The van der Waals surface area contributed by atoms with E-state index in [4.69, 9.17) is 9.47 Å². The van der Waals surface area contributed by atoms with E-state index in [9.17, 15) is 4.79 Å². The van der Waals surface area contributed by atoms with Crippen LogP contribution in [0.15, 0.2) is 12.7 Å². The molecule has 13 heavy (non-hydrogen) atoms. The molecule has 1 atom stereocenters. The molecule has 0 saturated carbocycles. The zero-order valence-corrected chi connectivity index (χ0v) is 9.57. The second-order valence-corrected chi connectivity index (χ2v) is 6.35. The molecule has 0 aromatic heterocycles. The SMILES string of the molecule is C=CC(=O)OCC[SiH](CC)COC. The molecule has 76 valence electrons. The summed E-state index contributed by atoms with van der Waals surface area (Å²) in [5, 5.41) is 0. The quantitative estimate of drug-likeness (QED) is 0.353. The summed E-state index contributed by atoms with van der Waals surface area (Å²) in [6.07, 6.45) is 2.06. The minimum atomic E-state index is -0.817. The molecule has 0 saturated heterocycles. The maximum absolute atomic E-state index is 10.7. The fraction of sp³-hybridized carbons (Fsp3) is 0.667. The molecule has 4 heteroatoms. The lowest BCUT2D eigenvalue weighted by atomic mass is 10.6. The molecule has 0 aliphatic carbocycles. The molecule has 0 fully saturated rings. The predicted octanol–water partition coefficient (Wildman–Crippen LogP) is 1.15. The molecule has 0 aromatic rings. The van der Waals surface area contributed by atoms with Crippen molar-refractivity contribution in [1.82, 2.24) is 0 Å². The van der Waals surface area contributed by atoms with E-state index in [1.807, 2.05) is 0 Å². The van der Waals surface area contributed by atoms with Gasteiger partial charge in [-0.2, -0.15) is 0 Å². The lowest BCUT2D eigenvalue weighted by molar-refractivity contribution is -0.137. The standard InChI is InChI=1S/C9H18O3Si/c1-4-9(10)12-6-7-13(5-2)8-11-3/h4,13H,1,5-8H2,2-3H3. The van der Waals surface area contributed by atoms with Crippen molar-refractivity contribution in [2.24, 2.45) is 0 Å². The third-order valence-corrected chi connectivity index (χ3v) is 4.93. The van der Waals surface area contributed by atoms with Crippen molar-refractivity contribution in [2.75, 3.05) is 19.9 Å². The van der Waals surface area contributed by atoms with Crippen LogP contribution in [-0.4, -0.2) is 34.7 Å². The van der Waals surface area contributed by atoms with Crippen LogP contribution in [0.5, 0.6) is 0 Å². The highest BCUT2D eigenvalue weighted by atomic mass is 28.3. The van der Waals surface area contributed by atoms with Gasteiger partial charge in [-0.05, 0) is 6.04 Å². The molecule has 3 nitrogen and oxygen atoms in total. The van der Waals surface area contributed by atoms with E-state index < -0.39 is 8.80 Å². The van der Waals surface area contributed by atoms with E-state index in [0.717, 1.165) is 12.3 Å². The van der Waals surface area contributed by atoms with E-state index in [1.165, 1.54) is 12.1 Å². The van der Waals surface area contributed by atoms with Crippen molar-refractivity contribution >= 4 is 14.8 Å². The van der Waals surface area contributed by atoms with Crippen LogP contribution in [0.4, 0.5) is 0 Å². The zero-order chi connectivity index (χ0) is 10.1. The molecule has 1 unspecified atom stereocenters. The molecular weight excluding hydrogens is 184 g/mol. The molecule has 0 radical (unpaired) electrons. The summed E-state index contributed by atoms with van der Waals surface area (Å²) in [4.78, 5) is 10.7. The molecule has 0 spiro atoms. The molecule has 0 aromatic carbocycles. The largest absolute Gasteiger partial charge is 0.463 e. The van der Waals surface area contributed by atoms with Crippen molar-refractivity contribution in [2.45, 2.75) is 19.0 Å². The highest BCUT2D eigenvalue weighted by Gasteiger charge is 2.08. The van der Waals surface area contributed by atoms with Gasteiger partial charge in [-0.25, -0.2) is 4.79 Å². The Morgan fingerprint density at radius 1 is 1.62 bits per heavy atom. The summed E-state index contributed by atoms with van der Waals surface area (Å²) in [7, 11) is 0.897. The van der Waals surface area contributed by atoms with Crippen LogP contribution < -0.4 is 0 Å². The van der Waals surface area contributed by atoms with Gasteiger partial charge in [0.05, 0.1) is 15.4 Å². The van der Waals surface area contributed by atoms with Crippen molar-refractivity contribution in [3.05, 3.63) is 12.7 Å². The van der Waals surface area contributed by atoms with Gasteiger partial charge in [-0.3, -0.25) is 0 Å². The van der Waals surface area contributed by atoms with Gasteiger partial charge in [-0.15, -0.1) is 0 Å². The first kappa shape index (κ1) is 12.4. The van der Waals surface area contributed by atoms with Gasteiger partial charge in [0.15, 0.2) is 0 Å². The number of esters is 1. The van der Waals surface area contributed by atoms with Crippen molar-refractivity contribution in [1.29, 1.82) is 0 Å². The first-order chi connectivity index (χ1) is 6.24. The van der Waals surface area contributed by atoms with Crippen LogP contribution in [0.2, 0.25) is 12.1 Å². The highest BCUT2D eigenvalue weighted by molar-refractivity contribution is 6.58. The van der Waals surface area contributed by atoms with E-state index >= 15 is 0 Å². The average Bonchev–Trinajstić information content (AvgIpc) is 2.16. The third-order valence-electron chi connectivity index (χ3n) is 1.92. The summed E-state index contributed by atoms with van der Waals surface area (Å²) in [6.45, 7) is 6.00. The lowest BCUT2D eigenvalue weighted by Gasteiger charge is -2.11. The molecular formula is C9H18O3Si. The maximum Gasteiger partial charge on any atom is 0.330 e. The normalized spacial score (nSPS) is 12.2. The Morgan fingerprint density at radius 3 is 2.77 bits per heavy atom. The molecule has 0 bridgehead atoms. The summed E-state index contributed by atoms with van der Waals surface area (Å²) in [5.41, 5.74) is 0. The van der Waals surface area contributed by atoms with E-state index in [2.05, 4.69) is 13.5 Å². The predicted molar refractivity (Wildman–Crippen MR) is 55.5 cm³/mol. The molecule has 0 aliphatic rings. The number of hydrogen-bond donors (Lipinski definition) is 0. The molecule has 0 amide bonds. The number of methoxy groups -OCH3 is 1. The summed E-state index contributed by atoms with van der Waals surface area (Å²) >= 11 is 0. The first-order valence-electron chi connectivity index (χ1n) is 4.52. The number of hydrogen-bond acceptors (Lipinski definition) is 3. The highest BCUT2D eigenvalue weighted by Crippen LogP contribution is 2.00. The Balaban J connectivity index is 3.48. The minimum absolute atomic E-state index is 0.332. The van der Waals surface area contributed by atoms with Crippen LogP contribution in [0, 0.1) is 0 Å². The smallest absolute Gasteiger partial charge is 0.330 e. The van der Waals surface area contributed by atoms with Gasteiger partial charge in [0.25, 0.3) is 0 Å². The molecule has 0 aliphatic heterocycles. The van der Waals surface area contributed by atoms with E-state index in [0.29, 0.717) is 6.61 Å². The number of ether oxygens (including phenoxy) is 2. The van der Waals surface area contributed by atoms with Gasteiger partial charge in [-0.1, -0.05) is 19.5 Å². The average molecular weight is 202 g/mol. The maximum atomic E-state index is 10.7. The van der Waals surface area contributed by atoms with Gasteiger partial charge in [0.1, 0.15) is 0 Å². The van der Waals surface area contributed by atoms with Gasteiger partial charge >= 0.3 is 5.97 Å². The van der Waals surface area contributed by atoms with Crippen LogP contribution in [-0.2, 0) is 14.3 Å². The summed E-state index contributed by atoms with van der Waals surface area (Å²) in [5.74, 6) is -0.332. The topological polar surface area (TPSA) is 35.5 Å². The first-order valence-corrected chi connectivity index (χ1v) is 6.97. The van der Waals surface area contributed by atoms with Crippen LogP contribution in [0.1, 0.15) is 6.92 Å². The van der Waals surface area contributed by atoms with Crippen molar-refractivity contribution < 1.29 is 14.3 Å². The lowest BCUT2D eigenvalue weighted by Crippen LogP contribution is -2.21. The van der Waals surface area contributed by atoms with E-state index in [-0.39, 0.29) is 5.97 Å². The van der Waals surface area contributed by atoms with Crippen molar-refractivity contribution in [3.8, 4) is 0 Å². The Hall–Kier alpha value is -0.613. The second-order valence-electron chi connectivity index (χ2n) is 2.89. The number of carbonyl (C=O) groups is 1. The van der Waals surface area contributed by atoms with Gasteiger partial charge in [0.2, 0.25) is 0 Å². The Bertz CT molecular complexity index is 159. The minimum Gasteiger partial charge on any atom is -0.463 e. The number of carbonyl (C=O) groups excluding carboxylic acids is 1. The zero-order valence-electron chi connectivity index (χ0n) is 8.41. The summed E-state index contributed by atoms with van der Waals surface area (Å²) < 4.78 is 9.97. The molecule has 0 heterocycles. The molecule has 0 rings (SSSR count). The fourth-order valence-electron chi connectivity index (χ4n) is 1.03. The van der Waals surface area contributed by atoms with Crippen molar-refractivity contribution in [3.63, 3.8) is 0 Å². The monoisotopic (exact) mass is 202 g/mol. The Labute approximate surface area is 81.3 Å². The van der Waals surface area contributed by atoms with Crippen LogP contribution in [0.3, 0.4) is 0 Å². The fourth-order valence-corrected chi connectivity index (χ4v) is 2.76. The second kappa shape index (κ2) is 8.01. The third kappa shape index (κ3) is 6.54. The summed E-state index contributed by atoms with van der Waals surface area (Å²) in [6, 6.07) is 2.17. The van der Waals surface area contributed by atoms with Crippen LogP contribution in [0.25, 0.3) is 0 Å². The van der Waals surface area contributed by atoms with Gasteiger partial charge < -0.3 is 9.47 Å². The Kier molecular flexibility index (Phi) is 7.63. The van der Waals surface area contributed by atoms with Gasteiger partial charge in [0, 0.05) is 19.4 Å². The Morgan fingerprint density at radius 2 is 2.31 bits per heavy atom. The van der Waals surface area contributed by atoms with E-state index in [1.54, 1.807) is 7.11 Å².